The number of hydrogen-bond acceptors (Lipinski definition) is 6. The van der Waals surface area contributed by atoms with E-state index in [1.165, 1.54) is 5.56 Å². The van der Waals surface area contributed by atoms with Crippen molar-refractivity contribution in [3.8, 4) is 23.0 Å². The Morgan fingerprint density at radius 1 is 0.722 bits per heavy atom. The van der Waals surface area contributed by atoms with Crippen LogP contribution in [0.2, 0.25) is 0 Å². The molecule has 6 heteroatoms. The lowest BCUT2D eigenvalue weighted by Crippen LogP contribution is -2.34. The fourth-order valence-corrected chi connectivity index (χ4v) is 4.43. The zero-order valence-corrected chi connectivity index (χ0v) is 21.7. The minimum Gasteiger partial charge on any atom is -0.496 e. The fraction of sp³-hybridized carbons (Fsp3) is 0.267. The summed E-state index contributed by atoms with van der Waals surface area (Å²) in [6, 6.07) is 20.1. The third-order valence-electron chi connectivity index (χ3n) is 6.36. The highest BCUT2D eigenvalue weighted by atomic mass is 16.5. The maximum atomic E-state index is 5.75. The molecule has 1 atom stereocenters. The number of hydrazine groups is 1. The van der Waals surface area contributed by atoms with Crippen LogP contribution in [-0.4, -0.2) is 28.4 Å². The predicted molar refractivity (Wildman–Crippen MR) is 145 cm³/mol. The van der Waals surface area contributed by atoms with Gasteiger partial charge in [-0.2, -0.15) is 0 Å². The number of allylic oxidation sites excluding steroid dienone is 1. The predicted octanol–water partition coefficient (Wildman–Crippen LogP) is 6.51. The molecule has 36 heavy (non-hydrogen) atoms. The van der Waals surface area contributed by atoms with E-state index in [0.717, 1.165) is 45.5 Å². The normalized spacial score (nSPS) is 15.1. The molecule has 4 rings (SSSR count). The first-order chi connectivity index (χ1) is 17.5. The zero-order chi connectivity index (χ0) is 25.7. The fourth-order valence-electron chi connectivity index (χ4n) is 4.43. The zero-order valence-electron chi connectivity index (χ0n) is 21.7. The Morgan fingerprint density at radius 3 is 1.75 bits per heavy atom. The van der Waals surface area contributed by atoms with Gasteiger partial charge in [-0.25, -0.2) is 0 Å². The third kappa shape index (κ3) is 4.98. The van der Waals surface area contributed by atoms with Crippen molar-refractivity contribution < 1.29 is 18.9 Å². The van der Waals surface area contributed by atoms with Crippen molar-refractivity contribution in [2.75, 3.05) is 33.4 Å². The molecule has 0 fully saturated rings. The number of hydrogen-bond donors (Lipinski definition) is 1. The summed E-state index contributed by atoms with van der Waals surface area (Å²) in [5, 5.41) is 2.13. The van der Waals surface area contributed by atoms with Gasteiger partial charge in [-0.1, -0.05) is 38.1 Å². The monoisotopic (exact) mass is 486 g/mol. The van der Waals surface area contributed by atoms with Crippen molar-refractivity contribution in [3.05, 3.63) is 95.2 Å². The molecule has 188 valence electrons. The molecule has 1 heterocycles. The van der Waals surface area contributed by atoms with Gasteiger partial charge in [0.2, 0.25) is 0 Å². The summed E-state index contributed by atoms with van der Waals surface area (Å²) >= 11 is 0. The van der Waals surface area contributed by atoms with Gasteiger partial charge < -0.3 is 18.9 Å². The van der Waals surface area contributed by atoms with Crippen LogP contribution in [0.15, 0.2) is 78.5 Å². The quantitative estimate of drug-likeness (QED) is 0.372. The Labute approximate surface area is 213 Å². The van der Waals surface area contributed by atoms with Gasteiger partial charge in [-0.05, 0) is 66.1 Å². The van der Waals surface area contributed by atoms with Crippen molar-refractivity contribution in [2.24, 2.45) is 0 Å². The SMILES string of the molecule is COc1cccc(OC)c1C=CC1=CC(c2c(OC)cccc2OC)N(c2ccc(C(C)C)cc2)N1. The lowest BCUT2D eigenvalue weighted by atomic mass is 10.0. The molecule has 0 bridgehead atoms. The van der Waals surface area contributed by atoms with Gasteiger partial charge in [-0.15, -0.1) is 0 Å². The van der Waals surface area contributed by atoms with E-state index in [9.17, 15) is 0 Å². The van der Waals surface area contributed by atoms with Crippen LogP contribution in [0.25, 0.3) is 6.08 Å². The van der Waals surface area contributed by atoms with Crippen LogP contribution >= 0.6 is 0 Å². The first-order valence-corrected chi connectivity index (χ1v) is 12.0. The van der Waals surface area contributed by atoms with E-state index in [2.05, 4.69) is 54.6 Å². The van der Waals surface area contributed by atoms with E-state index in [1.54, 1.807) is 28.4 Å². The number of anilines is 1. The summed E-state index contributed by atoms with van der Waals surface area (Å²) in [7, 11) is 6.68. The topological polar surface area (TPSA) is 52.2 Å². The van der Waals surface area contributed by atoms with Gasteiger partial charge in [0.1, 0.15) is 29.0 Å². The van der Waals surface area contributed by atoms with Gasteiger partial charge in [-0.3, -0.25) is 10.4 Å². The summed E-state index contributed by atoms with van der Waals surface area (Å²) in [5.74, 6) is 3.47. The Balaban J connectivity index is 1.77. The number of methoxy groups -OCH3 is 4. The highest BCUT2D eigenvalue weighted by Crippen LogP contribution is 2.42. The Kier molecular flexibility index (Phi) is 7.74. The molecule has 0 saturated heterocycles. The summed E-state index contributed by atoms with van der Waals surface area (Å²) in [6.45, 7) is 4.39. The number of nitrogens with zero attached hydrogens (tertiary/aromatic N) is 1. The molecule has 1 aliphatic heterocycles. The average Bonchev–Trinajstić information content (AvgIpc) is 3.34. The van der Waals surface area contributed by atoms with Crippen LogP contribution in [-0.2, 0) is 0 Å². The molecule has 0 aliphatic carbocycles. The Bertz CT molecular complexity index is 1200. The van der Waals surface area contributed by atoms with Crippen molar-refractivity contribution >= 4 is 11.8 Å². The van der Waals surface area contributed by atoms with Gasteiger partial charge in [0, 0.05) is 0 Å². The van der Waals surface area contributed by atoms with E-state index >= 15 is 0 Å². The number of benzene rings is 3. The van der Waals surface area contributed by atoms with Gasteiger partial charge in [0.25, 0.3) is 0 Å². The molecule has 6 nitrogen and oxygen atoms in total. The standard InChI is InChI=1S/C30H34N2O4/c1-20(2)21-13-16-23(17-14-21)32-25(30-28(35-5)11-8-12-29(30)36-6)19-22(31-32)15-18-24-26(33-3)9-7-10-27(24)34-4/h7-20,25,31H,1-6H3. The van der Waals surface area contributed by atoms with Crippen LogP contribution in [0.3, 0.4) is 0 Å². The molecule has 0 amide bonds. The van der Waals surface area contributed by atoms with Crippen molar-refractivity contribution in [1.82, 2.24) is 5.43 Å². The summed E-state index contributed by atoms with van der Waals surface area (Å²) in [4.78, 5) is 0. The second-order valence-electron chi connectivity index (χ2n) is 8.78. The average molecular weight is 487 g/mol. The molecule has 1 N–H and O–H groups in total. The van der Waals surface area contributed by atoms with E-state index in [-0.39, 0.29) is 6.04 Å². The Hall–Kier alpha value is -4.06. The van der Waals surface area contributed by atoms with Crippen LogP contribution in [0.1, 0.15) is 42.5 Å². The maximum Gasteiger partial charge on any atom is 0.129 e. The van der Waals surface area contributed by atoms with Crippen LogP contribution in [0.4, 0.5) is 5.69 Å². The largest absolute Gasteiger partial charge is 0.496 e. The van der Waals surface area contributed by atoms with E-state index in [0.29, 0.717) is 5.92 Å². The van der Waals surface area contributed by atoms with Crippen LogP contribution < -0.4 is 29.4 Å². The third-order valence-corrected chi connectivity index (χ3v) is 6.36. The molecule has 0 radical (unpaired) electrons. The molecular formula is C30H34N2O4. The molecule has 3 aromatic carbocycles. The van der Waals surface area contributed by atoms with Gasteiger partial charge in [0.05, 0.1) is 51.0 Å². The van der Waals surface area contributed by atoms with Gasteiger partial charge >= 0.3 is 0 Å². The minimum absolute atomic E-state index is 0.166. The molecule has 0 aromatic heterocycles. The molecule has 3 aromatic rings. The maximum absolute atomic E-state index is 5.75. The first kappa shape index (κ1) is 25.0. The highest BCUT2D eigenvalue weighted by molar-refractivity contribution is 5.67. The molecule has 1 unspecified atom stereocenters. The lowest BCUT2D eigenvalue weighted by Gasteiger charge is -2.29. The van der Waals surface area contributed by atoms with Gasteiger partial charge in [0.15, 0.2) is 0 Å². The molecule has 0 saturated carbocycles. The minimum atomic E-state index is -0.166. The van der Waals surface area contributed by atoms with Crippen molar-refractivity contribution in [3.63, 3.8) is 0 Å². The summed E-state index contributed by atoms with van der Waals surface area (Å²) in [5.41, 5.74) is 8.64. The van der Waals surface area contributed by atoms with E-state index in [1.807, 2.05) is 48.6 Å². The lowest BCUT2D eigenvalue weighted by molar-refractivity contribution is 0.381. The Morgan fingerprint density at radius 2 is 1.25 bits per heavy atom. The number of ether oxygens (including phenoxy) is 4. The van der Waals surface area contributed by atoms with Crippen molar-refractivity contribution in [2.45, 2.75) is 25.8 Å². The second-order valence-corrected chi connectivity index (χ2v) is 8.78. The highest BCUT2D eigenvalue weighted by Gasteiger charge is 2.31. The van der Waals surface area contributed by atoms with Crippen LogP contribution in [0.5, 0.6) is 23.0 Å². The van der Waals surface area contributed by atoms with Crippen molar-refractivity contribution in [1.29, 1.82) is 0 Å². The van der Waals surface area contributed by atoms with E-state index < -0.39 is 0 Å². The number of nitrogens with one attached hydrogen (secondary N) is 1. The second kappa shape index (κ2) is 11.1. The molecule has 1 aliphatic rings. The van der Waals surface area contributed by atoms with Crippen LogP contribution in [0, 0.1) is 0 Å². The summed E-state index contributed by atoms with van der Waals surface area (Å²) < 4.78 is 22.6. The first-order valence-electron chi connectivity index (χ1n) is 12.0. The summed E-state index contributed by atoms with van der Waals surface area (Å²) in [6.07, 6.45) is 6.19. The van der Waals surface area contributed by atoms with E-state index in [4.69, 9.17) is 18.9 Å². The number of rotatable bonds is 9. The molecule has 0 spiro atoms. The smallest absolute Gasteiger partial charge is 0.129 e. The molecular weight excluding hydrogens is 452 g/mol.